The van der Waals surface area contributed by atoms with E-state index in [4.69, 9.17) is 0 Å². The van der Waals surface area contributed by atoms with Gasteiger partial charge in [0, 0.05) is 38.8 Å². The standard InChI is InChI=1S/C31H36N4O3/c1-32-28-16-8-9-17-29(28)35(30(32)36)27-18-20-34(31(37)38)26(21-27)15-10-19-33(22-24-11-4-2-5-12-24)23-25-13-6-3-7-14-25/h2-9,11-14,16-17,26-27H,10,15,18-23H2,1H3,(H,37,38)/t26-,27-/m0/s1. The van der Waals surface area contributed by atoms with Gasteiger partial charge >= 0.3 is 11.8 Å². The van der Waals surface area contributed by atoms with E-state index in [9.17, 15) is 14.7 Å². The third kappa shape index (κ3) is 5.68. The van der Waals surface area contributed by atoms with Crippen LogP contribution in [0.15, 0.2) is 89.7 Å². The average Bonchev–Trinajstić information content (AvgIpc) is 3.19. The summed E-state index contributed by atoms with van der Waals surface area (Å²) in [7, 11) is 1.80. The van der Waals surface area contributed by atoms with Gasteiger partial charge in [-0.05, 0) is 55.5 Å². The Balaban J connectivity index is 1.30. The Labute approximate surface area is 223 Å². The summed E-state index contributed by atoms with van der Waals surface area (Å²) in [4.78, 5) is 29.3. The van der Waals surface area contributed by atoms with E-state index in [0.29, 0.717) is 19.4 Å². The number of para-hydroxylation sites is 2. The predicted octanol–water partition coefficient (Wildman–Crippen LogP) is 5.51. The number of imidazole rings is 1. The van der Waals surface area contributed by atoms with E-state index in [1.807, 2.05) is 41.0 Å². The number of nitrogens with zero attached hydrogens (tertiary/aromatic N) is 4. The van der Waals surface area contributed by atoms with Crippen molar-refractivity contribution in [2.75, 3.05) is 13.1 Å². The molecule has 3 aromatic carbocycles. The Bertz CT molecular complexity index is 1370. The first-order chi connectivity index (χ1) is 18.5. The molecule has 5 rings (SSSR count). The van der Waals surface area contributed by atoms with Crippen LogP contribution < -0.4 is 5.69 Å². The van der Waals surface area contributed by atoms with Gasteiger partial charge in [-0.1, -0.05) is 72.8 Å². The topological polar surface area (TPSA) is 70.7 Å². The van der Waals surface area contributed by atoms with Gasteiger partial charge in [0.15, 0.2) is 0 Å². The lowest BCUT2D eigenvalue weighted by Crippen LogP contribution is -2.47. The van der Waals surface area contributed by atoms with E-state index < -0.39 is 6.09 Å². The maximum absolute atomic E-state index is 13.1. The van der Waals surface area contributed by atoms with Gasteiger partial charge in [0.05, 0.1) is 11.0 Å². The summed E-state index contributed by atoms with van der Waals surface area (Å²) in [5.74, 6) is 0. The molecule has 1 fully saturated rings. The van der Waals surface area contributed by atoms with Crippen LogP contribution in [0.3, 0.4) is 0 Å². The van der Waals surface area contributed by atoms with Crippen molar-refractivity contribution >= 4 is 17.1 Å². The van der Waals surface area contributed by atoms with Crippen molar-refractivity contribution in [1.29, 1.82) is 0 Å². The number of aromatic nitrogens is 2. The molecule has 7 heteroatoms. The van der Waals surface area contributed by atoms with Crippen molar-refractivity contribution in [2.24, 2.45) is 7.05 Å². The molecule has 0 spiro atoms. The van der Waals surface area contributed by atoms with Crippen LogP contribution in [0.4, 0.5) is 4.79 Å². The number of piperidine rings is 1. The molecule has 1 amide bonds. The minimum Gasteiger partial charge on any atom is -0.465 e. The molecule has 7 nitrogen and oxygen atoms in total. The first-order valence-electron chi connectivity index (χ1n) is 13.5. The monoisotopic (exact) mass is 512 g/mol. The van der Waals surface area contributed by atoms with Crippen LogP contribution >= 0.6 is 0 Å². The number of aryl methyl sites for hydroxylation is 1. The highest BCUT2D eigenvalue weighted by molar-refractivity contribution is 5.76. The first-order valence-corrected chi connectivity index (χ1v) is 13.5. The summed E-state index contributed by atoms with van der Waals surface area (Å²) in [5.41, 5.74) is 4.33. The Kier molecular flexibility index (Phi) is 7.94. The van der Waals surface area contributed by atoms with Crippen LogP contribution in [0, 0.1) is 0 Å². The van der Waals surface area contributed by atoms with E-state index in [0.717, 1.165) is 43.5 Å². The number of fused-ring (bicyclic) bond motifs is 1. The number of rotatable bonds is 9. The number of likely N-dealkylation sites (tertiary alicyclic amines) is 1. The largest absolute Gasteiger partial charge is 0.465 e. The van der Waals surface area contributed by atoms with Gasteiger partial charge in [-0.25, -0.2) is 9.59 Å². The van der Waals surface area contributed by atoms with Crippen molar-refractivity contribution in [3.63, 3.8) is 0 Å². The summed E-state index contributed by atoms with van der Waals surface area (Å²) >= 11 is 0. The molecule has 0 radical (unpaired) electrons. The van der Waals surface area contributed by atoms with Crippen LogP contribution in [0.2, 0.25) is 0 Å². The second-order valence-electron chi connectivity index (χ2n) is 10.3. The molecule has 4 aromatic rings. The SMILES string of the molecule is Cn1c(=O)n([C@H]2CCN(C(=O)O)[C@@H](CCCN(Cc3ccccc3)Cc3ccccc3)C2)c2ccccc21. The molecule has 2 heterocycles. The summed E-state index contributed by atoms with van der Waals surface area (Å²) in [6, 6.07) is 28.7. The maximum atomic E-state index is 13.1. The smallest absolute Gasteiger partial charge is 0.407 e. The normalized spacial score (nSPS) is 17.8. The van der Waals surface area contributed by atoms with Gasteiger partial charge in [-0.3, -0.25) is 14.0 Å². The van der Waals surface area contributed by atoms with Gasteiger partial charge in [-0.15, -0.1) is 0 Å². The third-order valence-electron chi connectivity index (χ3n) is 7.80. The minimum atomic E-state index is -0.871. The fourth-order valence-electron chi connectivity index (χ4n) is 5.91. The number of carboxylic acid groups (broad SMARTS) is 1. The zero-order valence-corrected chi connectivity index (χ0v) is 21.9. The molecule has 198 valence electrons. The van der Waals surface area contributed by atoms with Gasteiger partial charge in [0.1, 0.15) is 0 Å². The number of hydrogen-bond donors (Lipinski definition) is 1. The summed E-state index contributed by atoms with van der Waals surface area (Å²) in [6.07, 6.45) is 2.07. The Morgan fingerprint density at radius 1 is 0.895 bits per heavy atom. The van der Waals surface area contributed by atoms with Crippen LogP contribution in [0.5, 0.6) is 0 Å². The second kappa shape index (κ2) is 11.7. The average molecular weight is 513 g/mol. The highest BCUT2D eigenvalue weighted by Crippen LogP contribution is 2.31. The van der Waals surface area contributed by atoms with Crippen molar-refractivity contribution in [3.05, 3.63) is 107 Å². The number of amides is 1. The Morgan fingerprint density at radius 2 is 1.47 bits per heavy atom. The lowest BCUT2D eigenvalue weighted by atomic mass is 9.93. The third-order valence-corrected chi connectivity index (χ3v) is 7.80. The molecule has 1 N–H and O–H groups in total. The Hall–Kier alpha value is -3.84. The van der Waals surface area contributed by atoms with Crippen LogP contribution in [0.1, 0.15) is 42.9 Å². The van der Waals surface area contributed by atoms with Crippen LogP contribution in [-0.4, -0.2) is 49.3 Å². The zero-order valence-electron chi connectivity index (χ0n) is 21.9. The van der Waals surface area contributed by atoms with Crippen LogP contribution in [-0.2, 0) is 20.1 Å². The van der Waals surface area contributed by atoms with Crippen molar-refractivity contribution in [3.8, 4) is 0 Å². The fourth-order valence-corrected chi connectivity index (χ4v) is 5.91. The van der Waals surface area contributed by atoms with E-state index in [2.05, 4.69) is 53.4 Å². The number of carbonyl (C=O) groups is 1. The lowest BCUT2D eigenvalue weighted by molar-refractivity contribution is 0.0852. The molecular formula is C31H36N4O3. The molecule has 2 atom stereocenters. The summed E-state index contributed by atoms with van der Waals surface area (Å²) in [5, 5.41) is 9.94. The molecule has 1 aliphatic heterocycles. The summed E-state index contributed by atoms with van der Waals surface area (Å²) < 4.78 is 3.58. The van der Waals surface area contributed by atoms with E-state index in [1.165, 1.54) is 11.1 Å². The van der Waals surface area contributed by atoms with E-state index >= 15 is 0 Å². The van der Waals surface area contributed by atoms with E-state index in [-0.39, 0.29) is 17.8 Å². The highest BCUT2D eigenvalue weighted by atomic mass is 16.4. The van der Waals surface area contributed by atoms with Gasteiger partial charge in [-0.2, -0.15) is 0 Å². The first kappa shape index (κ1) is 25.8. The zero-order chi connectivity index (χ0) is 26.5. The number of hydrogen-bond acceptors (Lipinski definition) is 3. The molecule has 1 aliphatic rings. The molecule has 0 saturated carbocycles. The molecule has 1 aromatic heterocycles. The molecule has 1 saturated heterocycles. The second-order valence-corrected chi connectivity index (χ2v) is 10.3. The minimum absolute atomic E-state index is 0.0149. The van der Waals surface area contributed by atoms with Crippen molar-refractivity contribution < 1.29 is 9.90 Å². The van der Waals surface area contributed by atoms with Gasteiger partial charge in [0.25, 0.3) is 0 Å². The summed E-state index contributed by atoms with van der Waals surface area (Å²) in [6.45, 7) is 3.00. The predicted molar refractivity (Wildman–Crippen MR) is 150 cm³/mol. The maximum Gasteiger partial charge on any atom is 0.407 e. The van der Waals surface area contributed by atoms with Crippen LogP contribution in [0.25, 0.3) is 11.0 Å². The highest BCUT2D eigenvalue weighted by Gasteiger charge is 2.33. The Morgan fingerprint density at radius 3 is 2.08 bits per heavy atom. The van der Waals surface area contributed by atoms with E-state index in [1.54, 1.807) is 16.5 Å². The molecule has 0 unspecified atom stereocenters. The van der Waals surface area contributed by atoms with Crippen molar-refractivity contribution in [2.45, 2.75) is 50.9 Å². The quantitative estimate of drug-likeness (QED) is 0.321. The van der Waals surface area contributed by atoms with Crippen molar-refractivity contribution in [1.82, 2.24) is 18.9 Å². The lowest BCUT2D eigenvalue weighted by Gasteiger charge is -2.38. The molecule has 0 aliphatic carbocycles. The van der Waals surface area contributed by atoms with Gasteiger partial charge in [0.2, 0.25) is 0 Å². The molecule has 38 heavy (non-hydrogen) atoms. The molecule has 0 bridgehead atoms. The van der Waals surface area contributed by atoms with Gasteiger partial charge < -0.3 is 10.0 Å². The fraction of sp³-hybridized carbons (Fsp3) is 0.355. The number of benzene rings is 3. The molecular weight excluding hydrogens is 476 g/mol.